The van der Waals surface area contributed by atoms with Gasteiger partial charge in [0.15, 0.2) is 5.60 Å². The van der Waals surface area contributed by atoms with Gasteiger partial charge < -0.3 is 14.7 Å². The third-order valence-corrected chi connectivity index (χ3v) is 4.51. The Bertz CT molecular complexity index is 774. The molecule has 1 atom stereocenters. The van der Waals surface area contributed by atoms with Crippen LogP contribution in [-0.2, 0) is 4.74 Å². The van der Waals surface area contributed by atoms with Gasteiger partial charge in [-0.1, -0.05) is 42.5 Å². The van der Waals surface area contributed by atoms with Crippen molar-refractivity contribution in [3.8, 4) is 5.75 Å². The fourth-order valence-electron chi connectivity index (χ4n) is 3.27. The van der Waals surface area contributed by atoms with Gasteiger partial charge in [-0.25, -0.2) is 4.79 Å². The number of hydrogen-bond donors (Lipinski definition) is 1. The number of likely N-dealkylation sites (tertiary alicyclic amines) is 1. The quantitative estimate of drug-likeness (QED) is 0.685. The van der Waals surface area contributed by atoms with Gasteiger partial charge in [-0.2, -0.15) is 0 Å². The van der Waals surface area contributed by atoms with E-state index in [4.69, 9.17) is 4.74 Å². The van der Waals surface area contributed by atoms with Gasteiger partial charge in [0.25, 0.3) is 0 Å². The summed E-state index contributed by atoms with van der Waals surface area (Å²) in [5, 5.41) is 9.91. The van der Waals surface area contributed by atoms with Gasteiger partial charge in [-0.05, 0) is 38.6 Å². The Morgan fingerprint density at radius 1 is 1.08 bits per heavy atom. The molecule has 0 bridgehead atoms. The minimum Gasteiger partial charge on any atom is -0.507 e. The van der Waals surface area contributed by atoms with E-state index in [-0.39, 0.29) is 17.1 Å². The molecule has 0 aromatic heterocycles. The fourth-order valence-corrected chi connectivity index (χ4v) is 3.27. The molecule has 0 spiro atoms. The number of piperidine rings is 1. The van der Waals surface area contributed by atoms with Crippen molar-refractivity contribution in [3.63, 3.8) is 0 Å². The molecular formula is C20H21NO4. The number of carbonyl (C=O) groups is 2. The van der Waals surface area contributed by atoms with Gasteiger partial charge in [0.1, 0.15) is 11.3 Å². The highest BCUT2D eigenvalue weighted by atomic mass is 16.6. The molecule has 0 radical (unpaired) electrons. The van der Waals surface area contributed by atoms with Crippen LogP contribution >= 0.6 is 0 Å². The fraction of sp³-hybridized carbons (Fsp3) is 0.300. The highest BCUT2D eigenvalue weighted by Gasteiger charge is 2.45. The summed E-state index contributed by atoms with van der Waals surface area (Å²) < 4.78 is 5.74. The molecule has 3 rings (SSSR count). The standard InChI is InChI=1S/C20H21NO4/c1-21-13-7-12-20(14-21,18(23)15-8-3-2-4-9-15)25-19(24)16-10-5-6-11-17(16)22/h2-6,8-11,22H,7,12-14H2,1H3/t20-/m0/s1. The molecular weight excluding hydrogens is 318 g/mol. The zero-order valence-electron chi connectivity index (χ0n) is 14.1. The van der Waals surface area contributed by atoms with Gasteiger partial charge >= 0.3 is 5.97 Å². The number of esters is 1. The molecule has 0 unspecified atom stereocenters. The first-order valence-corrected chi connectivity index (χ1v) is 8.31. The molecule has 25 heavy (non-hydrogen) atoms. The molecule has 5 heteroatoms. The van der Waals surface area contributed by atoms with E-state index in [1.54, 1.807) is 36.4 Å². The number of rotatable bonds is 4. The monoisotopic (exact) mass is 339 g/mol. The summed E-state index contributed by atoms with van der Waals surface area (Å²) in [7, 11) is 1.90. The topological polar surface area (TPSA) is 66.8 Å². The first-order valence-electron chi connectivity index (χ1n) is 8.31. The van der Waals surface area contributed by atoms with E-state index in [2.05, 4.69) is 0 Å². The second-order valence-corrected chi connectivity index (χ2v) is 6.44. The van der Waals surface area contributed by atoms with Gasteiger partial charge in [0.2, 0.25) is 5.78 Å². The van der Waals surface area contributed by atoms with Crippen LogP contribution in [0.3, 0.4) is 0 Å². The van der Waals surface area contributed by atoms with E-state index in [0.29, 0.717) is 18.5 Å². The predicted octanol–water partition coefficient (Wildman–Crippen LogP) is 2.90. The molecule has 1 N–H and O–H groups in total. The van der Waals surface area contributed by atoms with Crippen LogP contribution < -0.4 is 0 Å². The largest absolute Gasteiger partial charge is 0.507 e. The number of para-hydroxylation sites is 1. The van der Waals surface area contributed by atoms with Gasteiger partial charge in [0.05, 0.1) is 0 Å². The molecule has 0 saturated carbocycles. The molecule has 1 fully saturated rings. The zero-order chi connectivity index (χ0) is 17.9. The van der Waals surface area contributed by atoms with Crippen molar-refractivity contribution in [2.45, 2.75) is 18.4 Å². The molecule has 1 aliphatic heterocycles. The van der Waals surface area contributed by atoms with Crippen LogP contribution in [0.25, 0.3) is 0 Å². The Morgan fingerprint density at radius 3 is 2.44 bits per heavy atom. The van der Waals surface area contributed by atoms with Crippen LogP contribution in [0.2, 0.25) is 0 Å². The Hall–Kier alpha value is -2.66. The molecule has 130 valence electrons. The van der Waals surface area contributed by atoms with E-state index in [9.17, 15) is 14.7 Å². The number of aromatic hydroxyl groups is 1. The van der Waals surface area contributed by atoms with Gasteiger partial charge in [-0.3, -0.25) is 4.79 Å². The Kier molecular flexibility index (Phi) is 4.86. The molecule has 0 amide bonds. The van der Waals surface area contributed by atoms with E-state index >= 15 is 0 Å². The van der Waals surface area contributed by atoms with E-state index in [0.717, 1.165) is 13.0 Å². The number of ether oxygens (including phenoxy) is 1. The second-order valence-electron chi connectivity index (χ2n) is 6.44. The lowest BCUT2D eigenvalue weighted by Gasteiger charge is -2.39. The molecule has 1 saturated heterocycles. The summed E-state index contributed by atoms with van der Waals surface area (Å²) in [4.78, 5) is 27.8. The maximum atomic E-state index is 13.2. The van der Waals surface area contributed by atoms with Crippen LogP contribution in [-0.4, -0.2) is 47.5 Å². The van der Waals surface area contributed by atoms with Crippen LogP contribution in [0.1, 0.15) is 33.6 Å². The molecule has 2 aromatic rings. The highest BCUT2D eigenvalue weighted by Crippen LogP contribution is 2.31. The number of hydrogen-bond acceptors (Lipinski definition) is 5. The second kappa shape index (κ2) is 7.07. The summed E-state index contributed by atoms with van der Waals surface area (Å²) in [6, 6.07) is 15.1. The van der Waals surface area contributed by atoms with Crippen molar-refractivity contribution in [1.82, 2.24) is 4.90 Å². The van der Waals surface area contributed by atoms with Crippen molar-refractivity contribution >= 4 is 11.8 Å². The van der Waals surface area contributed by atoms with Crippen LogP contribution in [0, 0.1) is 0 Å². The number of carbonyl (C=O) groups excluding carboxylic acids is 2. The summed E-state index contributed by atoms with van der Waals surface area (Å²) in [6.45, 7) is 1.18. The Balaban J connectivity index is 1.94. The zero-order valence-corrected chi connectivity index (χ0v) is 14.1. The summed E-state index contributed by atoms with van der Waals surface area (Å²) in [6.07, 6.45) is 1.22. The molecule has 0 aliphatic carbocycles. The van der Waals surface area contributed by atoms with E-state index < -0.39 is 11.6 Å². The average molecular weight is 339 g/mol. The van der Waals surface area contributed by atoms with Crippen LogP contribution in [0.5, 0.6) is 5.75 Å². The van der Waals surface area contributed by atoms with Gasteiger partial charge in [-0.15, -0.1) is 0 Å². The van der Waals surface area contributed by atoms with Crippen molar-refractivity contribution in [2.24, 2.45) is 0 Å². The number of likely N-dealkylation sites (N-methyl/N-ethyl adjacent to an activating group) is 1. The first-order chi connectivity index (χ1) is 12.0. The number of nitrogens with zero attached hydrogens (tertiary/aromatic N) is 1. The molecule has 1 heterocycles. The van der Waals surface area contributed by atoms with Crippen LogP contribution in [0.4, 0.5) is 0 Å². The normalized spacial score (nSPS) is 20.8. The Morgan fingerprint density at radius 2 is 1.76 bits per heavy atom. The summed E-state index contributed by atoms with van der Waals surface area (Å²) >= 11 is 0. The smallest absolute Gasteiger partial charge is 0.342 e. The average Bonchev–Trinajstić information content (AvgIpc) is 2.62. The maximum absolute atomic E-state index is 13.2. The number of benzene rings is 2. The molecule has 1 aliphatic rings. The van der Waals surface area contributed by atoms with Crippen LogP contribution in [0.15, 0.2) is 54.6 Å². The van der Waals surface area contributed by atoms with E-state index in [1.165, 1.54) is 12.1 Å². The predicted molar refractivity (Wildman–Crippen MR) is 93.8 cm³/mol. The van der Waals surface area contributed by atoms with Crippen molar-refractivity contribution in [2.75, 3.05) is 20.1 Å². The van der Waals surface area contributed by atoms with Crippen molar-refractivity contribution in [1.29, 1.82) is 0 Å². The highest BCUT2D eigenvalue weighted by molar-refractivity contribution is 6.05. The van der Waals surface area contributed by atoms with Crippen molar-refractivity contribution < 1.29 is 19.4 Å². The maximum Gasteiger partial charge on any atom is 0.342 e. The number of phenols is 1. The number of Topliss-reactive ketones (excluding diaryl/α,β-unsaturated/α-hetero) is 1. The summed E-state index contributed by atoms with van der Waals surface area (Å²) in [5.41, 5.74) is -0.660. The lowest BCUT2D eigenvalue weighted by atomic mass is 9.85. The minimum absolute atomic E-state index is 0.0657. The number of phenolic OH excluding ortho intramolecular Hbond substituents is 1. The molecule has 5 nitrogen and oxygen atoms in total. The minimum atomic E-state index is -1.24. The lowest BCUT2D eigenvalue weighted by molar-refractivity contribution is -0.0366. The van der Waals surface area contributed by atoms with Crippen molar-refractivity contribution in [3.05, 3.63) is 65.7 Å². The SMILES string of the molecule is CN1CCC[C@@](OC(=O)c2ccccc2O)(C(=O)c2ccccc2)C1. The first kappa shape index (κ1) is 17.2. The Labute approximate surface area is 146 Å². The number of ketones is 1. The molecule has 2 aromatic carbocycles. The third-order valence-electron chi connectivity index (χ3n) is 4.51. The van der Waals surface area contributed by atoms with Gasteiger partial charge in [0, 0.05) is 12.1 Å². The van der Waals surface area contributed by atoms with E-state index in [1.807, 2.05) is 18.0 Å². The third kappa shape index (κ3) is 3.56. The lowest BCUT2D eigenvalue weighted by Crippen LogP contribution is -2.54. The summed E-state index contributed by atoms with van der Waals surface area (Å²) in [5.74, 6) is -1.04.